The van der Waals surface area contributed by atoms with Crippen LogP contribution in [0.1, 0.15) is 51.6 Å². The van der Waals surface area contributed by atoms with Crippen LogP contribution in [0.15, 0.2) is 53.2 Å². The Kier molecular flexibility index (Phi) is 5.82. The minimum Gasteiger partial charge on any atom is -0.487 e. The van der Waals surface area contributed by atoms with Crippen LogP contribution in [0.5, 0.6) is 17.4 Å². The normalized spacial score (nSPS) is 14.4. The first-order chi connectivity index (χ1) is 17.5. The van der Waals surface area contributed by atoms with Crippen molar-refractivity contribution in [1.82, 2.24) is 10.1 Å². The summed E-state index contributed by atoms with van der Waals surface area (Å²) in [5.74, 6) is 1.65. The molecule has 9 heteroatoms. The molecule has 36 heavy (non-hydrogen) atoms. The van der Waals surface area contributed by atoms with Crippen molar-refractivity contribution in [2.75, 3.05) is 0 Å². The lowest BCUT2D eigenvalue weighted by Gasteiger charge is -2.12. The number of hydrogen-bond donors (Lipinski definition) is 1. The Bertz CT molecular complexity index is 1480. The number of rotatable bonds is 6. The van der Waals surface area contributed by atoms with Crippen LogP contribution in [0.25, 0.3) is 11.3 Å². The summed E-state index contributed by atoms with van der Waals surface area (Å²) in [5, 5.41) is 14.6. The van der Waals surface area contributed by atoms with Crippen LogP contribution in [-0.4, -0.2) is 21.2 Å². The Balaban J connectivity index is 1.27. The van der Waals surface area contributed by atoms with E-state index in [-0.39, 0.29) is 12.2 Å². The van der Waals surface area contributed by atoms with E-state index in [1.807, 2.05) is 6.07 Å². The summed E-state index contributed by atoms with van der Waals surface area (Å²) in [6, 6.07) is 12.1. The third-order valence-electron chi connectivity index (χ3n) is 6.43. The number of aromatic carboxylic acids is 1. The molecule has 0 unspecified atom stereocenters. The van der Waals surface area contributed by atoms with Crippen LogP contribution < -0.4 is 9.47 Å². The third-order valence-corrected chi connectivity index (χ3v) is 7.06. The lowest BCUT2D eigenvalue weighted by Crippen LogP contribution is -2.01. The molecule has 0 radical (unpaired) electrons. The summed E-state index contributed by atoms with van der Waals surface area (Å²) in [6.45, 7) is 0.218. The van der Waals surface area contributed by atoms with Gasteiger partial charge in [0, 0.05) is 17.0 Å². The van der Waals surface area contributed by atoms with E-state index in [1.165, 1.54) is 6.07 Å². The quantitative estimate of drug-likeness (QED) is 0.288. The molecule has 7 nitrogen and oxygen atoms in total. The van der Waals surface area contributed by atoms with E-state index in [0.717, 1.165) is 35.3 Å². The topological polar surface area (TPSA) is 94.7 Å². The second kappa shape index (κ2) is 9.15. The molecule has 1 saturated carbocycles. The highest BCUT2D eigenvalue weighted by molar-refractivity contribution is 6.39. The Morgan fingerprint density at radius 1 is 1.08 bits per heavy atom. The van der Waals surface area contributed by atoms with Gasteiger partial charge in [-0.15, -0.1) is 0 Å². The van der Waals surface area contributed by atoms with Crippen LogP contribution in [0.3, 0.4) is 0 Å². The number of nitrogens with zero attached hydrogens (tertiary/aromatic N) is 2. The molecule has 182 valence electrons. The fraction of sp³-hybridized carbons (Fsp3) is 0.222. The average Bonchev–Trinajstić information content (AvgIpc) is 3.65. The number of fused-ring (bicyclic) bond motifs is 2. The van der Waals surface area contributed by atoms with Crippen molar-refractivity contribution in [3.63, 3.8) is 0 Å². The maximum absolute atomic E-state index is 11.3. The molecule has 1 fully saturated rings. The van der Waals surface area contributed by atoms with Gasteiger partial charge in [-0.1, -0.05) is 40.5 Å². The fourth-order valence-corrected chi connectivity index (χ4v) is 4.97. The van der Waals surface area contributed by atoms with Gasteiger partial charge in [-0.25, -0.2) is 9.78 Å². The first-order valence-electron chi connectivity index (χ1n) is 11.6. The summed E-state index contributed by atoms with van der Waals surface area (Å²) in [5.41, 5.74) is 4.02. The van der Waals surface area contributed by atoms with Crippen LogP contribution in [0.4, 0.5) is 0 Å². The first-order valence-corrected chi connectivity index (χ1v) is 12.3. The van der Waals surface area contributed by atoms with Crippen LogP contribution in [0, 0.1) is 0 Å². The molecular weight excluding hydrogens is 503 g/mol. The molecule has 4 aromatic rings. The summed E-state index contributed by atoms with van der Waals surface area (Å²) in [6.07, 6.45) is 5.05. The van der Waals surface area contributed by atoms with E-state index in [0.29, 0.717) is 57.4 Å². The number of carboxylic acids is 1. The van der Waals surface area contributed by atoms with E-state index < -0.39 is 5.97 Å². The molecule has 1 aliphatic carbocycles. The SMILES string of the molecule is O=C(O)c1ccc2c(c1)Oc1ncc(OCc3c(-c4c(Cl)cccc4Cl)noc3C3CC3)cc1CC2. The number of aromatic nitrogens is 2. The number of aryl methyl sites for hydroxylation is 2. The smallest absolute Gasteiger partial charge is 0.335 e. The number of pyridine rings is 1. The standard InChI is InChI=1S/C27H20Cl2N2O5/c28-20-2-1-3-21(29)23(20)24-19(25(36-31-24)15-6-7-15)13-34-18-10-16-8-4-14-5-9-17(27(32)33)11-22(14)35-26(16)30-12-18/h1-3,5,9-12,15H,4,6-8,13H2,(H,32,33). The Morgan fingerprint density at radius 3 is 2.61 bits per heavy atom. The number of carbonyl (C=O) groups is 1. The number of hydrogen-bond acceptors (Lipinski definition) is 6. The molecule has 2 aromatic heterocycles. The van der Waals surface area contributed by atoms with Crippen molar-refractivity contribution in [2.45, 2.75) is 38.2 Å². The van der Waals surface area contributed by atoms with Crippen LogP contribution >= 0.6 is 23.2 Å². The Hall–Kier alpha value is -3.55. The van der Waals surface area contributed by atoms with E-state index >= 15 is 0 Å². The molecule has 0 atom stereocenters. The van der Waals surface area contributed by atoms with Crippen LogP contribution in [-0.2, 0) is 19.4 Å². The molecule has 6 rings (SSSR count). The lowest BCUT2D eigenvalue weighted by molar-refractivity contribution is 0.0696. The fourth-order valence-electron chi connectivity index (χ4n) is 4.39. The summed E-state index contributed by atoms with van der Waals surface area (Å²) in [4.78, 5) is 15.8. The van der Waals surface area contributed by atoms with Gasteiger partial charge >= 0.3 is 5.97 Å². The van der Waals surface area contributed by atoms with Gasteiger partial charge < -0.3 is 19.1 Å². The third kappa shape index (κ3) is 4.29. The van der Waals surface area contributed by atoms with Crippen molar-refractivity contribution < 1.29 is 23.9 Å². The summed E-state index contributed by atoms with van der Waals surface area (Å²) in [7, 11) is 0. The highest BCUT2D eigenvalue weighted by Crippen LogP contribution is 2.46. The predicted molar refractivity (Wildman–Crippen MR) is 133 cm³/mol. The Labute approximate surface area is 216 Å². The van der Waals surface area contributed by atoms with E-state index in [1.54, 1.807) is 36.5 Å². The molecule has 0 saturated heterocycles. The van der Waals surface area contributed by atoms with Gasteiger partial charge in [0.25, 0.3) is 0 Å². The molecule has 1 N–H and O–H groups in total. The molecule has 0 spiro atoms. The zero-order valence-electron chi connectivity index (χ0n) is 19.0. The highest BCUT2D eigenvalue weighted by atomic mass is 35.5. The second-order valence-corrected chi connectivity index (χ2v) is 9.71. The van der Waals surface area contributed by atoms with Crippen molar-refractivity contribution in [1.29, 1.82) is 0 Å². The predicted octanol–water partition coefficient (Wildman–Crippen LogP) is 7.09. The largest absolute Gasteiger partial charge is 0.487 e. The molecule has 0 bridgehead atoms. The van der Waals surface area contributed by atoms with Crippen molar-refractivity contribution in [3.8, 4) is 28.6 Å². The molecule has 1 aliphatic heterocycles. The van der Waals surface area contributed by atoms with Gasteiger partial charge in [-0.05, 0) is 61.6 Å². The van der Waals surface area contributed by atoms with Gasteiger partial charge in [0.05, 0.1) is 27.4 Å². The maximum atomic E-state index is 11.3. The average molecular weight is 523 g/mol. The zero-order valence-corrected chi connectivity index (χ0v) is 20.5. The monoisotopic (exact) mass is 522 g/mol. The van der Waals surface area contributed by atoms with Gasteiger partial charge in [-0.3, -0.25) is 0 Å². The molecule has 0 amide bonds. The van der Waals surface area contributed by atoms with Gasteiger partial charge in [-0.2, -0.15) is 0 Å². The van der Waals surface area contributed by atoms with E-state index in [9.17, 15) is 9.90 Å². The van der Waals surface area contributed by atoms with Crippen LogP contribution in [0.2, 0.25) is 10.0 Å². The number of benzene rings is 2. The molecular formula is C27H20Cl2N2O5. The highest BCUT2D eigenvalue weighted by Gasteiger charge is 2.33. The number of ether oxygens (including phenoxy) is 2. The minimum atomic E-state index is -1.00. The van der Waals surface area contributed by atoms with E-state index in [2.05, 4.69) is 10.1 Å². The van der Waals surface area contributed by atoms with Gasteiger partial charge in [0.1, 0.15) is 29.6 Å². The molecule has 3 heterocycles. The Morgan fingerprint density at radius 2 is 1.86 bits per heavy atom. The van der Waals surface area contributed by atoms with Crippen molar-refractivity contribution in [3.05, 3.63) is 86.7 Å². The minimum absolute atomic E-state index is 0.173. The van der Waals surface area contributed by atoms with Crippen molar-refractivity contribution >= 4 is 29.2 Å². The number of halogens is 2. The first kappa shape index (κ1) is 22.9. The molecule has 2 aromatic carbocycles. The van der Waals surface area contributed by atoms with E-state index in [4.69, 9.17) is 37.2 Å². The summed E-state index contributed by atoms with van der Waals surface area (Å²) < 4.78 is 17.9. The maximum Gasteiger partial charge on any atom is 0.335 e. The van der Waals surface area contributed by atoms with Gasteiger partial charge in [0.15, 0.2) is 0 Å². The van der Waals surface area contributed by atoms with Crippen molar-refractivity contribution in [2.24, 2.45) is 0 Å². The second-order valence-electron chi connectivity index (χ2n) is 8.90. The zero-order chi connectivity index (χ0) is 24.8. The lowest BCUT2D eigenvalue weighted by atomic mass is 10.0. The molecule has 2 aliphatic rings. The summed E-state index contributed by atoms with van der Waals surface area (Å²) >= 11 is 12.9. The number of carboxylic acid groups (broad SMARTS) is 1. The van der Waals surface area contributed by atoms with Gasteiger partial charge in [0.2, 0.25) is 5.88 Å².